The lowest BCUT2D eigenvalue weighted by Crippen LogP contribution is -2.08. The van der Waals surface area contributed by atoms with E-state index in [2.05, 4.69) is 15.4 Å². The summed E-state index contributed by atoms with van der Waals surface area (Å²) < 4.78 is 8.52. The Balaban J connectivity index is 1.66. The van der Waals surface area contributed by atoms with Crippen molar-refractivity contribution in [3.05, 3.63) is 45.1 Å². The van der Waals surface area contributed by atoms with Crippen LogP contribution in [-0.2, 0) is 13.6 Å². The van der Waals surface area contributed by atoms with Crippen LogP contribution in [0, 0.1) is 13.8 Å². The molecule has 1 aromatic carbocycles. The Morgan fingerprint density at radius 2 is 2.17 bits per heavy atom. The lowest BCUT2D eigenvalue weighted by Gasteiger charge is -2.06. The number of anilines is 1. The van der Waals surface area contributed by atoms with Gasteiger partial charge in [0, 0.05) is 12.7 Å². The first-order chi connectivity index (χ1) is 11.0. The average Bonchev–Trinajstić information content (AvgIpc) is 3.09. The molecule has 1 N–H and O–H groups in total. The minimum absolute atomic E-state index is 0.358. The maximum Gasteiger partial charge on any atom is 0.419 e. The van der Waals surface area contributed by atoms with E-state index >= 15 is 0 Å². The summed E-state index contributed by atoms with van der Waals surface area (Å²) >= 11 is 1.58. The molecule has 0 radical (unpaired) electrons. The largest absolute Gasteiger partial charge is 0.419 e. The number of nitrogens with zero attached hydrogens (tertiary/aromatic N) is 4. The van der Waals surface area contributed by atoms with Crippen LogP contribution in [0.1, 0.15) is 16.4 Å². The standard InChI is InChI=1S/C15H15N5O2S/c1-8-12(20-14(17-8)23-9(2)18-20)7-16-10-4-5-13-11(6-10)19(3)15(21)22-13/h4-6,16H,7H2,1-3H3. The molecule has 0 atom stereocenters. The molecule has 0 saturated carbocycles. The predicted molar refractivity (Wildman–Crippen MR) is 89.1 cm³/mol. The number of hydrogen-bond acceptors (Lipinski definition) is 6. The van der Waals surface area contributed by atoms with Gasteiger partial charge in [0.1, 0.15) is 5.01 Å². The van der Waals surface area contributed by atoms with E-state index in [1.54, 1.807) is 24.5 Å². The second-order valence-corrected chi connectivity index (χ2v) is 6.58. The van der Waals surface area contributed by atoms with Gasteiger partial charge in [-0.1, -0.05) is 11.3 Å². The summed E-state index contributed by atoms with van der Waals surface area (Å²) in [6, 6.07) is 5.59. The highest BCUT2D eigenvalue weighted by molar-refractivity contribution is 7.16. The fraction of sp³-hybridized carbons (Fsp3) is 0.267. The van der Waals surface area contributed by atoms with E-state index < -0.39 is 0 Å². The van der Waals surface area contributed by atoms with Crippen LogP contribution in [0.4, 0.5) is 5.69 Å². The van der Waals surface area contributed by atoms with Crippen LogP contribution in [0.5, 0.6) is 0 Å². The number of rotatable bonds is 3. The fourth-order valence-corrected chi connectivity index (χ4v) is 3.42. The quantitative estimate of drug-likeness (QED) is 0.625. The van der Waals surface area contributed by atoms with Gasteiger partial charge in [-0.2, -0.15) is 5.10 Å². The normalized spacial score (nSPS) is 11.6. The Labute approximate surface area is 135 Å². The second-order valence-electron chi connectivity index (χ2n) is 5.42. The highest BCUT2D eigenvalue weighted by atomic mass is 32.1. The Morgan fingerprint density at radius 3 is 3.00 bits per heavy atom. The van der Waals surface area contributed by atoms with Gasteiger partial charge >= 0.3 is 5.76 Å². The van der Waals surface area contributed by atoms with Gasteiger partial charge in [-0.15, -0.1) is 0 Å². The molecule has 4 aromatic rings. The molecule has 3 aromatic heterocycles. The van der Waals surface area contributed by atoms with Gasteiger partial charge in [-0.3, -0.25) is 4.57 Å². The first-order valence-corrected chi connectivity index (χ1v) is 7.99. The number of fused-ring (bicyclic) bond motifs is 2. The van der Waals surface area contributed by atoms with Gasteiger partial charge in [-0.05, 0) is 32.0 Å². The molecule has 4 rings (SSSR count). The smallest absolute Gasteiger partial charge is 0.408 e. The molecule has 118 valence electrons. The number of nitrogens with one attached hydrogen (secondary N) is 1. The van der Waals surface area contributed by atoms with Gasteiger partial charge in [0.2, 0.25) is 4.96 Å². The molecule has 0 fully saturated rings. The summed E-state index contributed by atoms with van der Waals surface area (Å²) in [5.41, 5.74) is 4.26. The predicted octanol–water partition coefficient (Wildman–Crippen LogP) is 2.46. The molecule has 0 spiro atoms. The van der Waals surface area contributed by atoms with E-state index in [1.165, 1.54) is 4.57 Å². The van der Waals surface area contributed by atoms with E-state index in [9.17, 15) is 4.79 Å². The van der Waals surface area contributed by atoms with Crippen LogP contribution in [-0.4, -0.2) is 19.2 Å². The monoisotopic (exact) mass is 329 g/mol. The third kappa shape index (κ3) is 2.22. The Hall–Kier alpha value is -2.61. The van der Waals surface area contributed by atoms with E-state index in [4.69, 9.17) is 4.42 Å². The minimum Gasteiger partial charge on any atom is -0.408 e. The number of hydrogen-bond donors (Lipinski definition) is 1. The van der Waals surface area contributed by atoms with E-state index in [-0.39, 0.29) is 5.76 Å². The summed E-state index contributed by atoms with van der Waals surface area (Å²) in [5, 5.41) is 8.84. The van der Waals surface area contributed by atoms with Gasteiger partial charge < -0.3 is 9.73 Å². The van der Waals surface area contributed by atoms with Crippen LogP contribution >= 0.6 is 11.3 Å². The molecule has 0 saturated heterocycles. The van der Waals surface area contributed by atoms with Crippen molar-refractivity contribution in [2.75, 3.05) is 5.32 Å². The number of aromatic nitrogens is 4. The second kappa shape index (κ2) is 4.95. The molecule has 0 aliphatic carbocycles. The van der Waals surface area contributed by atoms with Crippen molar-refractivity contribution >= 4 is 33.1 Å². The topological polar surface area (TPSA) is 77.4 Å². The zero-order valence-electron chi connectivity index (χ0n) is 13.0. The highest BCUT2D eigenvalue weighted by Crippen LogP contribution is 2.21. The van der Waals surface area contributed by atoms with Crippen LogP contribution in [0.15, 0.2) is 27.4 Å². The molecule has 23 heavy (non-hydrogen) atoms. The fourth-order valence-electron chi connectivity index (χ4n) is 2.61. The maximum absolute atomic E-state index is 11.5. The third-order valence-electron chi connectivity index (χ3n) is 3.85. The molecule has 8 heteroatoms. The average molecular weight is 329 g/mol. The summed E-state index contributed by atoms with van der Waals surface area (Å²) in [7, 11) is 1.70. The van der Waals surface area contributed by atoms with Gasteiger partial charge in [-0.25, -0.2) is 14.3 Å². The Kier molecular flexibility index (Phi) is 3.02. The van der Waals surface area contributed by atoms with Gasteiger partial charge in [0.25, 0.3) is 0 Å². The van der Waals surface area contributed by atoms with Crippen LogP contribution in [0.3, 0.4) is 0 Å². The molecular formula is C15H15N5O2S. The highest BCUT2D eigenvalue weighted by Gasteiger charge is 2.13. The van der Waals surface area contributed by atoms with Gasteiger partial charge in [0.15, 0.2) is 5.58 Å². The third-order valence-corrected chi connectivity index (χ3v) is 4.67. The summed E-state index contributed by atoms with van der Waals surface area (Å²) in [6.45, 7) is 4.56. The summed E-state index contributed by atoms with van der Waals surface area (Å²) in [5.74, 6) is -0.358. The molecule has 0 aliphatic rings. The SMILES string of the molecule is Cc1nn2c(CNc3ccc4oc(=O)n(C)c4c3)c(C)nc2s1. The first-order valence-electron chi connectivity index (χ1n) is 7.18. The molecule has 0 aliphatic heterocycles. The molecular weight excluding hydrogens is 314 g/mol. The van der Waals surface area contributed by atoms with Crippen molar-refractivity contribution in [3.63, 3.8) is 0 Å². The maximum atomic E-state index is 11.5. The van der Waals surface area contributed by atoms with Crippen molar-refractivity contribution < 1.29 is 4.42 Å². The molecule has 3 heterocycles. The van der Waals surface area contributed by atoms with Gasteiger partial charge in [0.05, 0.1) is 23.4 Å². The zero-order valence-corrected chi connectivity index (χ0v) is 13.8. The number of aryl methyl sites for hydroxylation is 3. The Morgan fingerprint density at radius 1 is 1.35 bits per heavy atom. The lowest BCUT2D eigenvalue weighted by molar-refractivity contribution is 0.528. The molecule has 7 nitrogen and oxygen atoms in total. The summed E-state index contributed by atoms with van der Waals surface area (Å²) in [4.78, 5) is 17.0. The minimum atomic E-state index is -0.358. The van der Waals surface area contributed by atoms with Crippen LogP contribution in [0.2, 0.25) is 0 Å². The Bertz CT molecular complexity index is 1080. The van der Waals surface area contributed by atoms with E-state index in [0.717, 1.165) is 32.6 Å². The van der Waals surface area contributed by atoms with Crippen molar-refractivity contribution in [2.45, 2.75) is 20.4 Å². The number of benzene rings is 1. The number of oxazole rings is 1. The van der Waals surface area contributed by atoms with Crippen LogP contribution < -0.4 is 11.1 Å². The van der Waals surface area contributed by atoms with Crippen molar-refractivity contribution in [3.8, 4) is 0 Å². The van der Waals surface area contributed by atoms with Crippen LogP contribution in [0.25, 0.3) is 16.1 Å². The molecule has 0 unspecified atom stereocenters. The van der Waals surface area contributed by atoms with Crippen molar-refractivity contribution in [1.29, 1.82) is 0 Å². The first kappa shape index (κ1) is 14.0. The molecule has 0 bridgehead atoms. The lowest BCUT2D eigenvalue weighted by atomic mass is 10.2. The number of imidazole rings is 1. The molecule has 0 amide bonds. The van der Waals surface area contributed by atoms with Crippen molar-refractivity contribution in [2.24, 2.45) is 7.05 Å². The van der Waals surface area contributed by atoms with E-state index in [1.807, 2.05) is 30.5 Å². The zero-order chi connectivity index (χ0) is 16.1. The van der Waals surface area contributed by atoms with E-state index in [0.29, 0.717) is 12.1 Å². The van der Waals surface area contributed by atoms with Crippen molar-refractivity contribution in [1.82, 2.24) is 19.2 Å². The summed E-state index contributed by atoms with van der Waals surface area (Å²) in [6.07, 6.45) is 0.